The second-order valence-corrected chi connectivity index (χ2v) is 4.94. The number of aromatic nitrogens is 2. The molecule has 0 spiro atoms. The SMILES string of the molecule is CN1CCCN(C)C(c2nc(CN)cc(=O)[nH]2)C1. The van der Waals surface area contributed by atoms with Crippen molar-refractivity contribution in [3.8, 4) is 0 Å². The molecule has 1 unspecified atom stereocenters. The van der Waals surface area contributed by atoms with Crippen LogP contribution in [0.15, 0.2) is 10.9 Å². The number of nitrogens with two attached hydrogens (primary N) is 1. The summed E-state index contributed by atoms with van der Waals surface area (Å²) in [6, 6.07) is 1.58. The van der Waals surface area contributed by atoms with Gasteiger partial charge in [-0.2, -0.15) is 0 Å². The van der Waals surface area contributed by atoms with Crippen molar-refractivity contribution in [1.29, 1.82) is 0 Å². The maximum absolute atomic E-state index is 11.6. The van der Waals surface area contributed by atoms with E-state index in [0.29, 0.717) is 12.2 Å². The van der Waals surface area contributed by atoms with Crippen LogP contribution in [0, 0.1) is 0 Å². The number of rotatable bonds is 2. The van der Waals surface area contributed by atoms with Gasteiger partial charge in [0.2, 0.25) is 0 Å². The molecule has 1 atom stereocenters. The minimum atomic E-state index is -0.124. The summed E-state index contributed by atoms with van der Waals surface area (Å²) in [6.07, 6.45) is 1.13. The summed E-state index contributed by atoms with van der Waals surface area (Å²) in [6.45, 7) is 3.24. The average Bonchev–Trinajstić information content (AvgIpc) is 2.50. The largest absolute Gasteiger partial charge is 0.325 e. The van der Waals surface area contributed by atoms with Gasteiger partial charge in [-0.25, -0.2) is 4.98 Å². The van der Waals surface area contributed by atoms with Crippen LogP contribution in [-0.4, -0.2) is 53.5 Å². The van der Waals surface area contributed by atoms with Gasteiger partial charge in [0.1, 0.15) is 5.82 Å². The van der Waals surface area contributed by atoms with Crippen molar-refractivity contribution in [2.45, 2.75) is 19.0 Å². The van der Waals surface area contributed by atoms with E-state index in [0.717, 1.165) is 31.9 Å². The molecule has 2 rings (SSSR count). The zero-order chi connectivity index (χ0) is 13.1. The summed E-state index contributed by atoms with van der Waals surface area (Å²) in [5.41, 5.74) is 6.09. The lowest BCUT2D eigenvalue weighted by Gasteiger charge is -2.26. The Labute approximate surface area is 107 Å². The quantitative estimate of drug-likeness (QED) is 0.743. The molecular formula is C12H21N5O. The molecule has 6 nitrogen and oxygen atoms in total. The first kappa shape index (κ1) is 13.2. The van der Waals surface area contributed by atoms with Crippen LogP contribution in [0.3, 0.4) is 0 Å². The Morgan fingerprint density at radius 1 is 1.50 bits per heavy atom. The van der Waals surface area contributed by atoms with Crippen LogP contribution in [-0.2, 0) is 6.54 Å². The number of nitrogens with one attached hydrogen (secondary N) is 1. The summed E-state index contributed by atoms with van der Waals surface area (Å²) >= 11 is 0. The molecule has 1 saturated heterocycles. The van der Waals surface area contributed by atoms with E-state index in [9.17, 15) is 4.79 Å². The highest BCUT2D eigenvalue weighted by Crippen LogP contribution is 2.19. The van der Waals surface area contributed by atoms with Gasteiger partial charge in [-0.05, 0) is 33.6 Å². The summed E-state index contributed by atoms with van der Waals surface area (Å²) in [5.74, 6) is 0.721. The van der Waals surface area contributed by atoms with Crippen LogP contribution in [0.4, 0.5) is 0 Å². The highest BCUT2D eigenvalue weighted by Gasteiger charge is 2.24. The molecule has 6 heteroatoms. The second kappa shape index (κ2) is 5.60. The topological polar surface area (TPSA) is 78.2 Å². The van der Waals surface area contributed by atoms with Gasteiger partial charge in [-0.1, -0.05) is 0 Å². The maximum atomic E-state index is 11.6. The van der Waals surface area contributed by atoms with Crippen LogP contribution in [0.2, 0.25) is 0 Å². The van der Waals surface area contributed by atoms with Crippen molar-refractivity contribution in [1.82, 2.24) is 19.8 Å². The number of hydrogen-bond donors (Lipinski definition) is 2. The van der Waals surface area contributed by atoms with Gasteiger partial charge in [-0.3, -0.25) is 9.69 Å². The first-order chi connectivity index (χ1) is 8.60. The molecule has 1 aromatic rings. The van der Waals surface area contributed by atoms with Gasteiger partial charge in [-0.15, -0.1) is 0 Å². The summed E-state index contributed by atoms with van der Waals surface area (Å²) in [4.78, 5) is 23.4. The Kier molecular flexibility index (Phi) is 4.11. The molecule has 3 N–H and O–H groups in total. The van der Waals surface area contributed by atoms with E-state index in [1.165, 1.54) is 6.07 Å². The van der Waals surface area contributed by atoms with Crippen LogP contribution >= 0.6 is 0 Å². The molecule has 100 valence electrons. The number of aromatic amines is 1. The molecule has 1 aromatic heterocycles. The molecule has 0 bridgehead atoms. The zero-order valence-electron chi connectivity index (χ0n) is 11.0. The molecule has 1 aliphatic rings. The van der Waals surface area contributed by atoms with E-state index in [-0.39, 0.29) is 11.6 Å². The maximum Gasteiger partial charge on any atom is 0.251 e. The molecule has 0 aromatic carbocycles. The second-order valence-electron chi connectivity index (χ2n) is 4.94. The number of hydrogen-bond acceptors (Lipinski definition) is 5. The van der Waals surface area contributed by atoms with Gasteiger partial charge in [0, 0.05) is 19.2 Å². The highest BCUT2D eigenvalue weighted by atomic mass is 16.1. The van der Waals surface area contributed by atoms with Gasteiger partial charge >= 0.3 is 0 Å². The van der Waals surface area contributed by atoms with Gasteiger partial charge < -0.3 is 15.6 Å². The molecule has 2 heterocycles. The fourth-order valence-electron chi connectivity index (χ4n) is 2.36. The Morgan fingerprint density at radius 2 is 2.28 bits per heavy atom. The fourth-order valence-corrected chi connectivity index (χ4v) is 2.36. The van der Waals surface area contributed by atoms with Crippen molar-refractivity contribution < 1.29 is 0 Å². The molecule has 0 saturated carbocycles. The van der Waals surface area contributed by atoms with Gasteiger partial charge in [0.05, 0.1) is 11.7 Å². The number of likely N-dealkylation sites (N-methyl/N-ethyl adjacent to an activating group) is 2. The first-order valence-electron chi connectivity index (χ1n) is 6.29. The van der Waals surface area contributed by atoms with Crippen molar-refractivity contribution in [2.75, 3.05) is 33.7 Å². The Hall–Kier alpha value is -1.24. The highest BCUT2D eigenvalue weighted by molar-refractivity contribution is 5.06. The summed E-state index contributed by atoms with van der Waals surface area (Å²) < 4.78 is 0. The van der Waals surface area contributed by atoms with E-state index in [1.807, 2.05) is 0 Å². The summed E-state index contributed by atoms with van der Waals surface area (Å²) in [5, 5.41) is 0. The van der Waals surface area contributed by atoms with E-state index >= 15 is 0 Å². The van der Waals surface area contributed by atoms with E-state index < -0.39 is 0 Å². The minimum absolute atomic E-state index is 0.122. The lowest BCUT2D eigenvalue weighted by atomic mass is 10.2. The Bertz CT molecular complexity index is 458. The van der Waals surface area contributed by atoms with Gasteiger partial charge in [0.15, 0.2) is 0 Å². The molecule has 0 radical (unpaired) electrons. The Balaban J connectivity index is 2.32. The minimum Gasteiger partial charge on any atom is -0.325 e. The third-order valence-electron chi connectivity index (χ3n) is 3.41. The molecule has 1 fully saturated rings. The third-order valence-corrected chi connectivity index (χ3v) is 3.41. The van der Waals surface area contributed by atoms with Crippen LogP contribution < -0.4 is 11.3 Å². The molecule has 0 aliphatic carbocycles. The van der Waals surface area contributed by atoms with Gasteiger partial charge in [0.25, 0.3) is 5.56 Å². The average molecular weight is 251 g/mol. The third kappa shape index (κ3) is 2.95. The molecule has 18 heavy (non-hydrogen) atoms. The smallest absolute Gasteiger partial charge is 0.251 e. The molecule has 0 amide bonds. The van der Waals surface area contributed by atoms with Crippen LogP contribution in [0.1, 0.15) is 24.0 Å². The predicted octanol–water partition coefficient (Wildman–Crippen LogP) is -0.463. The lowest BCUT2D eigenvalue weighted by Crippen LogP contribution is -2.33. The number of H-pyrrole nitrogens is 1. The van der Waals surface area contributed by atoms with E-state index in [2.05, 4.69) is 33.9 Å². The molecular weight excluding hydrogens is 230 g/mol. The van der Waals surface area contributed by atoms with Crippen molar-refractivity contribution in [3.63, 3.8) is 0 Å². The van der Waals surface area contributed by atoms with Crippen LogP contribution in [0.5, 0.6) is 0 Å². The predicted molar refractivity (Wildman–Crippen MR) is 70.2 cm³/mol. The fraction of sp³-hybridized carbons (Fsp3) is 0.667. The van der Waals surface area contributed by atoms with Crippen molar-refractivity contribution >= 4 is 0 Å². The van der Waals surface area contributed by atoms with Crippen LogP contribution in [0.25, 0.3) is 0 Å². The lowest BCUT2D eigenvalue weighted by molar-refractivity contribution is 0.219. The zero-order valence-corrected chi connectivity index (χ0v) is 11.0. The Morgan fingerprint density at radius 3 is 3.00 bits per heavy atom. The normalized spacial score (nSPS) is 22.9. The monoisotopic (exact) mass is 251 g/mol. The van der Waals surface area contributed by atoms with E-state index in [4.69, 9.17) is 5.73 Å². The first-order valence-corrected chi connectivity index (χ1v) is 6.29. The number of nitrogens with zero attached hydrogens (tertiary/aromatic N) is 3. The summed E-state index contributed by atoms with van der Waals surface area (Å²) in [7, 11) is 4.16. The molecule has 1 aliphatic heterocycles. The standard InChI is InChI=1S/C12H21N5O/c1-16-4-3-5-17(2)10(8-16)12-14-9(7-13)6-11(18)15-12/h6,10H,3-5,7-8,13H2,1-2H3,(H,14,15,18). The van der Waals surface area contributed by atoms with E-state index in [1.54, 1.807) is 0 Å². The van der Waals surface area contributed by atoms with Crippen molar-refractivity contribution in [3.05, 3.63) is 27.9 Å². The van der Waals surface area contributed by atoms with Crippen molar-refractivity contribution in [2.24, 2.45) is 5.73 Å².